The lowest BCUT2D eigenvalue weighted by Gasteiger charge is -2.13. The number of amides is 1. The van der Waals surface area contributed by atoms with Crippen LogP contribution in [0, 0.1) is 20.8 Å². The first-order valence-electron chi connectivity index (χ1n) is 10.0. The zero-order valence-electron chi connectivity index (χ0n) is 18.3. The van der Waals surface area contributed by atoms with Gasteiger partial charge in [0.15, 0.2) is 5.16 Å². The minimum atomic E-state index is -0.159. The van der Waals surface area contributed by atoms with Crippen molar-refractivity contribution >= 4 is 44.9 Å². The molecule has 0 bridgehead atoms. The molecular formula is C24H23N3O3S2. The van der Waals surface area contributed by atoms with Gasteiger partial charge in [-0.05, 0) is 62.7 Å². The van der Waals surface area contributed by atoms with Crippen LogP contribution in [0.15, 0.2) is 58.5 Å². The van der Waals surface area contributed by atoms with Gasteiger partial charge in [-0.3, -0.25) is 14.2 Å². The molecule has 0 aliphatic rings. The van der Waals surface area contributed by atoms with Crippen LogP contribution in [0.4, 0.5) is 5.69 Å². The smallest absolute Gasteiger partial charge is 0.267 e. The Balaban J connectivity index is 1.69. The maximum absolute atomic E-state index is 13.5. The number of fused-ring (bicyclic) bond motifs is 1. The van der Waals surface area contributed by atoms with Crippen LogP contribution < -0.4 is 15.6 Å². The molecule has 0 aliphatic heterocycles. The van der Waals surface area contributed by atoms with Gasteiger partial charge in [-0.2, -0.15) is 0 Å². The second kappa shape index (κ2) is 9.18. The molecule has 4 aromatic rings. The van der Waals surface area contributed by atoms with Crippen LogP contribution in [-0.4, -0.2) is 28.3 Å². The van der Waals surface area contributed by atoms with Crippen molar-refractivity contribution in [1.29, 1.82) is 0 Å². The van der Waals surface area contributed by atoms with Crippen molar-refractivity contribution in [2.24, 2.45) is 0 Å². The third-order valence-electron chi connectivity index (χ3n) is 5.17. The summed E-state index contributed by atoms with van der Waals surface area (Å²) < 4.78 is 6.82. The Labute approximate surface area is 194 Å². The van der Waals surface area contributed by atoms with Gasteiger partial charge < -0.3 is 10.1 Å². The van der Waals surface area contributed by atoms with Gasteiger partial charge in [0.05, 0.1) is 23.9 Å². The van der Waals surface area contributed by atoms with Crippen molar-refractivity contribution in [3.8, 4) is 11.4 Å². The molecule has 0 saturated carbocycles. The lowest BCUT2D eigenvalue weighted by molar-refractivity contribution is -0.113. The highest BCUT2D eigenvalue weighted by molar-refractivity contribution is 7.99. The molecule has 0 fully saturated rings. The van der Waals surface area contributed by atoms with Gasteiger partial charge in [0, 0.05) is 10.6 Å². The molecule has 0 saturated heterocycles. The molecule has 0 atom stereocenters. The fourth-order valence-corrected chi connectivity index (χ4v) is 5.18. The number of aromatic nitrogens is 2. The lowest BCUT2D eigenvalue weighted by atomic mass is 10.2. The van der Waals surface area contributed by atoms with E-state index in [2.05, 4.69) is 5.32 Å². The van der Waals surface area contributed by atoms with E-state index in [0.29, 0.717) is 26.8 Å². The summed E-state index contributed by atoms with van der Waals surface area (Å²) in [6.07, 6.45) is 0. The molecule has 32 heavy (non-hydrogen) atoms. The summed E-state index contributed by atoms with van der Waals surface area (Å²) in [5.41, 5.74) is 3.35. The van der Waals surface area contributed by atoms with Crippen molar-refractivity contribution in [1.82, 2.24) is 9.55 Å². The highest BCUT2D eigenvalue weighted by Crippen LogP contribution is 2.30. The Morgan fingerprint density at radius 1 is 1.09 bits per heavy atom. The van der Waals surface area contributed by atoms with Gasteiger partial charge >= 0.3 is 0 Å². The zero-order valence-corrected chi connectivity index (χ0v) is 19.9. The number of hydrogen-bond donors (Lipinski definition) is 1. The van der Waals surface area contributed by atoms with Gasteiger partial charge in [0.2, 0.25) is 5.91 Å². The number of ether oxygens (including phenoxy) is 1. The third kappa shape index (κ3) is 4.42. The monoisotopic (exact) mass is 465 g/mol. The number of anilines is 1. The molecule has 2 aromatic heterocycles. The van der Waals surface area contributed by atoms with Crippen molar-refractivity contribution < 1.29 is 9.53 Å². The second-order valence-corrected chi connectivity index (χ2v) is 9.54. The average molecular weight is 466 g/mol. The number of thiophene rings is 1. The van der Waals surface area contributed by atoms with Crippen LogP contribution in [0.5, 0.6) is 5.75 Å². The lowest BCUT2D eigenvalue weighted by Crippen LogP contribution is -2.22. The van der Waals surface area contributed by atoms with E-state index in [1.54, 1.807) is 23.8 Å². The van der Waals surface area contributed by atoms with E-state index >= 15 is 0 Å². The van der Waals surface area contributed by atoms with Gasteiger partial charge in [0.25, 0.3) is 5.56 Å². The van der Waals surface area contributed by atoms with Gasteiger partial charge in [-0.25, -0.2) is 4.98 Å². The second-order valence-electron chi connectivity index (χ2n) is 7.40. The summed E-state index contributed by atoms with van der Waals surface area (Å²) in [6.45, 7) is 5.92. The minimum Gasteiger partial charge on any atom is -0.497 e. The molecule has 2 heterocycles. The van der Waals surface area contributed by atoms with E-state index in [1.165, 1.54) is 23.1 Å². The number of nitrogens with one attached hydrogen (secondary N) is 1. The number of methoxy groups -OCH3 is 1. The van der Waals surface area contributed by atoms with Crippen LogP contribution in [0.25, 0.3) is 15.9 Å². The van der Waals surface area contributed by atoms with Gasteiger partial charge in [-0.15, -0.1) is 11.3 Å². The molecule has 0 unspecified atom stereocenters. The summed E-state index contributed by atoms with van der Waals surface area (Å²) in [6, 6.07) is 14.9. The molecule has 1 N–H and O–H groups in total. The Morgan fingerprint density at radius 3 is 2.44 bits per heavy atom. The van der Waals surface area contributed by atoms with Crippen LogP contribution >= 0.6 is 23.1 Å². The van der Waals surface area contributed by atoms with E-state index < -0.39 is 0 Å². The number of rotatable bonds is 6. The number of carbonyl (C=O) groups excluding carboxylic acids is 1. The molecule has 0 radical (unpaired) electrons. The summed E-state index contributed by atoms with van der Waals surface area (Å²) in [5, 5.41) is 3.99. The number of thioether (sulfide) groups is 1. The standard InChI is InChI=1S/C24H23N3O3S2/c1-14-5-7-17(8-6-14)25-20(28)13-31-24-26-22-21(15(2)16(3)32-22)23(29)27(24)18-9-11-19(30-4)12-10-18/h5-12H,13H2,1-4H3,(H,25,28). The Bertz CT molecular complexity index is 1340. The highest BCUT2D eigenvalue weighted by atomic mass is 32.2. The van der Waals surface area contributed by atoms with Crippen LogP contribution in [-0.2, 0) is 4.79 Å². The number of carbonyl (C=O) groups is 1. The summed E-state index contributed by atoms with van der Waals surface area (Å²) in [5.74, 6) is 0.670. The molecule has 1 amide bonds. The van der Waals surface area contributed by atoms with E-state index in [9.17, 15) is 9.59 Å². The maximum Gasteiger partial charge on any atom is 0.267 e. The first-order valence-corrected chi connectivity index (χ1v) is 11.8. The fourth-order valence-electron chi connectivity index (χ4n) is 3.30. The van der Waals surface area contributed by atoms with E-state index in [-0.39, 0.29) is 17.2 Å². The van der Waals surface area contributed by atoms with Crippen LogP contribution in [0.1, 0.15) is 16.0 Å². The summed E-state index contributed by atoms with van der Waals surface area (Å²) in [7, 11) is 1.60. The number of nitrogens with zero attached hydrogens (tertiary/aromatic N) is 2. The third-order valence-corrected chi connectivity index (χ3v) is 7.21. The first kappa shape index (κ1) is 22.1. The quantitative estimate of drug-likeness (QED) is 0.316. The largest absolute Gasteiger partial charge is 0.497 e. The molecule has 4 rings (SSSR count). The van der Waals surface area contributed by atoms with Gasteiger partial charge in [0.1, 0.15) is 10.6 Å². The molecular weight excluding hydrogens is 442 g/mol. The maximum atomic E-state index is 13.5. The Hall–Kier alpha value is -3.10. The number of aryl methyl sites for hydroxylation is 3. The molecule has 0 aliphatic carbocycles. The molecule has 2 aromatic carbocycles. The fraction of sp³-hybridized carbons (Fsp3) is 0.208. The van der Waals surface area contributed by atoms with Crippen molar-refractivity contribution in [3.63, 3.8) is 0 Å². The minimum absolute atomic E-state index is 0.130. The molecule has 8 heteroatoms. The predicted molar refractivity (Wildman–Crippen MR) is 132 cm³/mol. The first-order chi connectivity index (χ1) is 15.4. The van der Waals surface area contributed by atoms with Crippen molar-refractivity contribution in [2.75, 3.05) is 18.2 Å². The average Bonchev–Trinajstić information content (AvgIpc) is 3.07. The normalized spacial score (nSPS) is 11.0. The zero-order chi connectivity index (χ0) is 22.8. The van der Waals surface area contributed by atoms with Crippen LogP contribution in [0.3, 0.4) is 0 Å². The van der Waals surface area contributed by atoms with Crippen molar-refractivity contribution in [2.45, 2.75) is 25.9 Å². The molecule has 164 valence electrons. The number of benzene rings is 2. The van der Waals surface area contributed by atoms with E-state index in [0.717, 1.165) is 21.7 Å². The SMILES string of the molecule is COc1ccc(-n2c(SCC(=O)Nc3ccc(C)cc3)nc3sc(C)c(C)c3c2=O)cc1. The molecule has 0 spiro atoms. The van der Waals surface area contributed by atoms with E-state index in [1.807, 2.05) is 57.2 Å². The van der Waals surface area contributed by atoms with Crippen molar-refractivity contribution in [3.05, 3.63) is 74.9 Å². The highest BCUT2D eigenvalue weighted by Gasteiger charge is 2.19. The Morgan fingerprint density at radius 2 is 1.78 bits per heavy atom. The summed E-state index contributed by atoms with van der Waals surface area (Å²) >= 11 is 2.74. The predicted octanol–water partition coefficient (Wildman–Crippen LogP) is 5.11. The van der Waals surface area contributed by atoms with E-state index in [4.69, 9.17) is 9.72 Å². The Kier molecular flexibility index (Phi) is 6.34. The topological polar surface area (TPSA) is 73.2 Å². The summed E-state index contributed by atoms with van der Waals surface area (Å²) in [4.78, 5) is 32.5. The number of hydrogen-bond acceptors (Lipinski definition) is 6. The van der Waals surface area contributed by atoms with Gasteiger partial charge in [-0.1, -0.05) is 29.5 Å². The van der Waals surface area contributed by atoms with Crippen LogP contribution in [0.2, 0.25) is 0 Å². The molecule has 6 nitrogen and oxygen atoms in total.